The molecule has 3 unspecified atom stereocenters. The van der Waals surface area contributed by atoms with E-state index in [-0.39, 0.29) is 30.4 Å². The van der Waals surface area contributed by atoms with E-state index in [2.05, 4.69) is 53.5 Å². The van der Waals surface area contributed by atoms with Crippen molar-refractivity contribution >= 4 is 35.0 Å². The van der Waals surface area contributed by atoms with Crippen LogP contribution in [0.15, 0.2) is 66.7 Å². The van der Waals surface area contributed by atoms with E-state index in [1.165, 1.54) is 5.56 Å². The van der Waals surface area contributed by atoms with Crippen LogP contribution >= 0.6 is 23.2 Å². The topological polar surface area (TPSA) is 55.9 Å². The summed E-state index contributed by atoms with van der Waals surface area (Å²) in [4.78, 5) is 33.5. The zero-order valence-corrected chi connectivity index (χ0v) is 26.2. The fourth-order valence-corrected chi connectivity index (χ4v) is 6.65. The summed E-state index contributed by atoms with van der Waals surface area (Å²) >= 11 is 12.6. The fourth-order valence-electron chi connectivity index (χ4n) is 6.34. The molecule has 0 aliphatic carbocycles. The van der Waals surface area contributed by atoms with Crippen molar-refractivity contribution < 1.29 is 9.59 Å². The van der Waals surface area contributed by atoms with Crippen LogP contribution in [-0.4, -0.2) is 71.3 Å². The first kappa shape index (κ1) is 30.6. The van der Waals surface area contributed by atoms with Crippen LogP contribution in [0.5, 0.6) is 0 Å². The number of aryl methyl sites for hydroxylation is 2. The maximum atomic E-state index is 13.7. The number of carbonyl (C=O) groups excluding carboxylic acids is 2. The summed E-state index contributed by atoms with van der Waals surface area (Å²) in [5, 5.41) is 4.46. The van der Waals surface area contributed by atoms with Crippen LogP contribution in [0.25, 0.3) is 0 Å². The summed E-state index contributed by atoms with van der Waals surface area (Å²) in [6.45, 7) is 9.79. The molecular formula is C34H40Cl2N4O2. The second-order valence-electron chi connectivity index (χ2n) is 11.8. The average Bonchev–Trinajstić information content (AvgIpc) is 2.98. The lowest BCUT2D eigenvalue weighted by Crippen LogP contribution is -2.55. The lowest BCUT2D eigenvalue weighted by molar-refractivity contribution is -0.135. The second-order valence-corrected chi connectivity index (χ2v) is 12.6. The number of carbonyl (C=O) groups is 2. The standard InChI is InChI=1S/C34H40Cl2N4O2/c1-23-15-24(2)17-28(16-23)34(42)39-13-14-40(32(22-39)27-9-10-30(35)31(36)19-27)33(41)20-37-29-11-12-38(25(3)18-29)21-26-7-5-4-6-8-26/h4-10,15-17,19,25,29,32,37H,11-14,18,20-22H2,1-3H3. The number of nitrogens with one attached hydrogen (secondary N) is 1. The smallest absolute Gasteiger partial charge is 0.254 e. The minimum absolute atomic E-state index is 0.0201. The van der Waals surface area contributed by atoms with Gasteiger partial charge in [0.05, 0.1) is 22.6 Å². The van der Waals surface area contributed by atoms with Gasteiger partial charge in [-0.3, -0.25) is 14.5 Å². The van der Waals surface area contributed by atoms with Gasteiger partial charge in [-0.25, -0.2) is 0 Å². The van der Waals surface area contributed by atoms with Crippen molar-refractivity contribution in [3.05, 3.63) is 105 Å². The molecule has 2 amide bonds. The van der Waals surface area contributed by atoms with Crippen LogP contribution in [-0.2, 0) is 11.3 Å². The molecule has 1 N–H and O–H groups in total. The van der Waals surface area contributed by atoms with Crippen molar-refractivity contribution in [3.8, 4) is 0 Å². The molecule has 3 aromatic carbocycles. The largest absolute Gasteiger partial charge is 0.334 e. The summed E-state index contributed by atoms with van der Waals surface area (Å²) in [7, 11) is 0. The molecule has 2 aliphatic heterocycles. The number of hydrogen-bond donors (Lipinski definition) is 1. The van der Waals surface area contributed by atoms with Crippen LogP contribution in [0.1, 0.15) is 58.4 Å². The Bertz CT molecular complexity index is 1400. The average molecular weight is 608 g/mol. The molecule has 0 saturated carbocycles. The van der Waals surface area contributed by atoms with E-state index >= 15 is 0 Å². The Morgan fingerprint density at radius 1 is 0.905 bits per heavy atom. The molecule has 42 heavy (non-hydrogen) atoms. The summed E-state index contributed by atoms with van der Waals surface area (Å²) in [6, 6.07) is 22.4. The molecule has 6 nitrogen and oxygen atoms in total. The van der Waals surface area contributed by atoms with Gasteiger partial charge in [0.15, 0.2) is 0 Å². The molecule has 0 bridgehead atoms. The van der Waals surface area contributed by atoms with Gasteiger partial charge in [-0.05, 0) is 69.0 Å². The van der Waals surface area contributed by atoms with E-state index in [9.17, 15) is 9.59 Å². The van der Waals surface area contributed by atoms with E-state index in [1.807, 2.05) is 47.9 Å². The lowest BCUT2D eigenvalue weighted by Gasteiger charge is -2.42. The predicted molar refractivity (Wildman–Crippen MR) is 170 cm³/mol. The number of hydrogen-bond acceptors (Lipinski definition) is 4. The monoisotopic (exact) mass is 606 g/mol. The molecule has 0 aromatic heterocycles. The maximum Gasteiger partial charge on any atom is 0.254 e. The maximum absolute atomic E-state index is 13.7. The van der Waals surface area contributed by atoms with Crippen molar-refractivity contribution in [1.82, 2.24) is 20.0 Å². The van der Waals surface area contributed by atoms with Gasteiger partial charge in [-0.15, -0.1) is 0 Å². The SMILES string of the molecule is Cc1cc(C)cc(C(=O)N2CCN(C(=O)CNC3CCN(Cc4ccccc4)C(C)C3)C(c3ccc(Cl)c(Cl)c3)C2)c1. The normalized spacial score (nSPS) is 21.4. The van der Waals surface area contributed by atoms with Crippen molar-refractivity contribution in [2.24, 2.45) is 0 Å². The molecule has 2 saturated heterocycles. The summed E-state index contributed by atoms with van der Waals surface area (Å²) in [5.41, 5.74) is 4.99. The molecule has 3 atom stereocenters. The number of piperazine rings is 1. The van der Waals surface area contributed by atoms with Crippen molar-refractivity contribution in [2.75, 3.05) is 32.7 Å². The minimum Gasteiger partial charge on any atom is -0.334 e. The first-order chi connectivity index (χ1) is 20.2. The van der Waals surface area contributed by atoms with Gasteiger partial charge < -0.3 is 15.1 Å². The Morgan fingerprint density at radius 2 is 1.64 bits per heavy atom. The van der Waals surface area contributed by atoms with Crippen molar-refractivity contribution in [3.63, 3.8) is 0 Å². The third-order valence-electron chi connectivity index (χ3n) is 8.57. The molecule has 3 aromatic rings. The third-order valence-corrected chi connectivity index (χ3v) is 9.31. The molecular weight excluding hydrogens is 567 g/mol. The van der Waals surface area contributed by atoms with Gasteiger partial charge in [0.25, 0.3) is 5.91 Å². The van der Waals surface area contributed by atoms with Gasteiger partial charge in [0.1, 0.15) is 0 Å². The number of rotatable bonds is 7. The van der Waals surface area contributed by atoms with E-state index in [4.69, 9.17) is 23.2 Å². The zero-order chi connectivity index (χ0) is 29.8. The van der Waals surface area contributed by atoms with Crippen LogP contribution in [0.4, 0.5) is 0 Å². The highest BCUT2D eigenvalue weighted by molar-refractivity contribution is 6.42. The zero-order valence-electron chi connectivity index (χ0n) is 24.7. The quantitative estimate of drug-likeness (QED) is 0.344. The highest BCUT2D eigenvalue weighted by Crippen LogP contribution is 2.32. The fraction of sp³-hybridized carbons (Fsp3) is 0.412. The molecule has 2 fully saturated rings. The van der Waals surface area contributed by atoms with Crippen molar-refractivity contribution in [2.45, 2.75) is 58.3 Å². The van der Waals surface area contributed by atoms with Gasteiger partial charge in [0, 0.05) is 50.4 Å². The van der Waals surface area contributed by atoms with Crippen molar-refractivity contribution in [1.29, 1.82) is 0 Å². The highest BCUT2D eigenvalue weighted by atomic mass is 35.5. The molecule has 5 rings (SSSR count). The van der Waals surface area contributed by atoms with E-state index < -0.39 is 0 Å². The van der Waals surface area contributed by atoms with E-state index in [1.54, 1.807) is 6.07 Å². The first-order valence-electron chi connectivity index (χ1n) is 14.8. The number of halogens is 2. The molecule has 0 spiro atoms. The second kappa shape index (κ2) is 13.6. The lowest BCUT2D eigenvalue weighted by atomic mass is 9.97. The number of nitrogens with zero attached hydrogens (tertiary/aromatic N) is 3. The number of piperidine rings is 1. The number of amides is 2. The molecule has 2 heterocycles. The third kappa shape index (κ3) is 7.35. The highest BCUT2D eigenvalue weighted by Gasteiger charge is 2.35. The van der Waals surface area contributed by atoms with Crippen LogP contribution in [0.2, 0.25) is 10.0 Å². The summed E-state index contributed by atoms with van der Waals surface area (Å²) < 4.78 is 0. The Hall–Kier alpha value is -2.90. The van der Waals surface area contributed by atoms with E-state index in [0.29, 0.717) is 41.3 Å². The molecule has 222 valence electrons. The molecule has 2 aliphatic rings. The molecule has 0 radical (unpaired) electrons. The Kier molecular flexibility index (Phi) is 9.89. The summed E-state index contributed by atoms with van der Waals surface area (Å²) in [6.07, 6.45) is 1.99. The van der Waals surface area contributed by atoms with Crippen LogP contribution in [0.3, 0.4) is 0 Å². The Morgan fingerprint density at radius 3 is 2.33 bits per heavy atom. The van der Waals surface area contributed by atoms with E-state index in [0.717, 1.165) is 42.6 Å². The van der Waals surface area contributed by atoms with Gasteiger partial charge in [-0.2, -0.15) is 0 Å². The Labute approximate surface area is 259 Å². The Balaban J connectivity index is 1.24. The minimum atomic E-state index is -0.315. The predicted octanol–water partition coefficient (Wildman–Crippen LogP) is 6.28. The number of likely N-dealkylation sites (tertiary alicyclic amines) is 1. The van der Waals surface area contributed by atoms with Gasteiger partial charge in [-0.1, -0.05) is 76.8 Å². The van der Waals surface area contributed by atoms with Gasteiger partial charge >= 0.3 is 0 Å². The van der Waals surface area contributed by atoms with Gasteiger partial charge in [0.2, 0.25) is 5.91 Å². The summed E-state index contributed by atoms with van der Waals surface area (Å²) in [5.74, 6) is 0.0114. The molecule has 8 heteroatoms. The first-order valence-corrected chi connectivity index (χ1v) is 15.6. The van der Waals surface area contributed by atoms with Crippen LogP contribution in [0, 0.1) is 13.8 Å². The number of benzene rings is 3. The van der Waals surface area contributed by atoms with Crippen LogP contribution < -0.4 is 5.32 Å².